The van der Waals surface area contributed by atoms with Crippen molar-refractivity contribution in [2.75, 3.05) is 6.54 Å². The third-order valence-electron chi connectivity index (χ3n) is 2.94. The van der Waals surface area contributed by atoms with Gasteiger partial charge in [0.1, 0.15) is 5.69 Å². The summed E-state index contributed by atoms with van der Waals surface area (Å²) in [5, 5.41) is 2.99. The molecular formula is C11H17N3O. The summed E-state index contributed by atoms with van der Waals surface area (Å²) >= 11 is 0. The van der Waals surface area contributed by atoms with E-state index < -0.39 is 0 Å². The number of rotatable bonds is 4. The molecule has 82 valence electrons. The van der Waals surface area contributed by atoms with E-state index in [9.17, 15) is 4.79 Å². The van der Waals surface area contributed by atoms with Crippen LogP contribution in [0.5, 0.6) is 0 Å². The highest BCUT2D eigenvalue weighted by Crippen LogP contribution is 2.32. The Labute approximate surface area is 89.5 Å². The Hall–Kier alpha value is -1.29. The number of aryl methyl sites for hydroxylation is 1. The summed E-state index contributed by atoms with van der Waals surface area (Å²) in [6.45, 7) is 0.529. The van der Waals surface area contributed by atoms with Gasteiger partial charge in [0, 0.05) is 25.8 Å². The van der Waals surface area contributed by atoms with Gasteiger partial charge in [0.15, 0.2) is 0 Å². The first kappa shape index (κ1) is 10.2. The van der Waals surface area contributed by atoms with E-state index in [2.05, 4.69) is 5.32 Å². The maximum atomic E-state index is 11.8. The van der Waals surface area contributed by atoms with Crippen LogP contribution in [0.25, 0.3) is 0 Å². The minimum atomic E-state index is -0.0233. The molecule has 15 heavy (non-hydrogen) atoms. The van der Waals surface area contributed by atoms with Crippen molar-refractivity contribution in [3.63, 3.8) is 0 Å². The van der Waals surface area contributed by atoms with Crippen LogP contribution in [0.15, 0.2) is 18.3 Å². The monoisotopic (exact) mass is 207 g/mol. The molecule has 1 fully saturated rings. The van der Waals surface area contributed by atoms with Crippen LogP contribution in [0.3, 0.4) is 0 Å². The first-order valence-electron chi connectivity index (χ1n) is 5.34. The lowest BCUT2D eigenvalue weighted by Gasteiger charge is -2.16. The number of nitrogens with one attached hydrogen (secondary N) is 1. The molecule has 2 rings (SSSR count). The maximum Gasteiger partial charge on any atom is 0.268 e. The second-order valence-corrected chi connectivity index (χ2v) is 4.16. The zero-order valence-electron chi connectivity index (χ0n) is 8.94. The van der Waals surface area contributed by atoms with Crippen molar-refractivity contribution in [2.45, 2.75) is 18.9 Å². The number of hydrogen-bond acceptors (Lipinski definition) is 2. The van der Waals surface area contributed by atoms with Crippen LogP contribution in [0.4, 0.5) is 0 Å². The molecule has 0 radical (unpaired) electrons. The summed E-state index contributed by atoms with van der Waals surface area (Å²) in [6.07, 6.45) is 4.24. The van der Waals surface area contributed by atoms with Crippen molar-refractivity contribution >= 4 is 5.91 Å². The van der Waals surface area contributed by atoms with E-state index in [1.165, 1.54) is 12.8 Å². The summed E-state index contributed by atoms with van der Waals surface area (Å²) in [5.74, 6) is 0.573. The fraction of sp³-hybridized carbons (Fsp3) is 0.545. The lowest BCUT2D eigenvalue weighted by atomic mass is 10.2. The van der Waals surface area contributed by atoms with Crippen LogP contribution >= 0.6 is 0 Å². The van der Waals surface area contributed by atoms with Gasteiger partial charge < -0.3 is 15.6 Å². The van der Waals surface area contributed by atoms with E-state index in [1.54, 1.807) is 0 Å². The molecule has 0 bridgehead atoms. The van der Waals surface area contributed by atoms with Gasteiger partial charge in [-0.3, -0.25) is 4.79 Å². The highest BCUT2D eigenvalue weighted by molar-refractivity contribution is 5.92. The van der Waals surface area contributed by atoms with E-state index in [-0.39, 0.29) is 11.9 Å². The Morgan fingerprint density at radius 1 is 1.73 bits per heavy atom. The minimum Gasteiger partial charge on any atom is -0.347 e. The summed E-state index contributed by atoms with van der Waals surface area (Å²) in [4.78, 5) is 11.8. The standard InChI is InChI=1S/C11H17N3O/c1-14-6-2-3-10(14)11(15)13-9(7-12)8-4-5-8/h2-3,6,8-9H,4-5,7,12H2,1H3,(H,13,15). The van der Waals surface area contributed by atoms with Crippen LogP contribution in [-0.2, 0) is 7.05 Å². The van der Waals surface area contributed by atoms with Crippen molar-refractivity contribution in [3.8, 4) is 0 Å². The van der Waals surface area contributed by atoms with Crippen LogP contribution in [0.2, 0.25) is 0 Å². The molecule has 0 saturated heterocycles. The number of hydrogen-bond donors (Lipinski definition) is 2. The molecule has 1 aliphatic rings. The number of nitrogens with two attached hydrogens (primary N) is 1. The second kappa shape index (κ2) is 4.06. The molecule has 1 saturated carbocycles. The predicted molar refractivity (Wildman–Crippen MR) is 58.4 cm³/mol. The predicted octanol–water partition coefficient (Wildman–Crippen LogP) is 0.492. The number of amides is 1. The van der Waals surface area contributed by atoms with Gasteiger partial charge in [-0.2, -0.15) is 0 Å². The molecule has 1 heterocycles. The van der Waals surface area contributed by atoms with Crippen LogP contribution in [-0.4, -0.2) is 23.1 Å². The number of nitrogens with zero attached hydrogens (tertiary/aromatic N) is 1. The highest BCUT2D eigenvalue weighted by atomic mass is 16.2. The van der Waals surface area contributed by atoms with Gasteiger partial charge in [-0.1, -0.05) is 0 Å². The third kappa shape index (κ3) is 2.21. The SMILES string of the molecule is Cn1cccc1C(=O)NC(CN)C1CC1. The molecule has 1 unspecified atom stereocenters. The van der Waals surface area contributed by atoms with Crippen molar-refractivity contribution in [2.24, 2.45) is 18.7 Å². The summed E-state index contributed by atoms with van der Waals surface area (Å²) < 4.78 is 1.82. The molecule has 1 aromatic heterocycles. The molecule has 4 nitrogen and oxygen atoms in total. The van der Waals surface area contributed by atoms with Crippen LogP contribution < -0.4 is 11.1 Å². The average Bonchev–Trinajstić information content (AvgIpc) is 2.97. The average molecular weight is 207 g/mol. The molecule has 1 amide bonds. The molecule has 0 aliphatic heterocycles. The quantitative estimate of drug-likeness (QED) is 0.755. The first-order valence-corrected chi connectivity index (χ1v) is 5.34. The largest absolute Gasteiger partial charge is 0.347 e. The smallest absolute Gasteiger partial charge is 0.268 e. The summed E-state index contributed by atoms with van der Waals surface area (Å²) in [7, 11) is 1.86. The van der Waals surface area contributed by atoms with E-state index in [0.717, 1.165) is 0 Å². The molecule has 0 aromatic carbocycles. The molecule has 1 aliphatic carbocycles. The van der Waals surface area contributed by atoms with Gasteiger partial charge in [0.2, 0.25) is 0 Å². The Bertz CT molecular complexity index is 354. The van der Waals surface area contributed by atoms with Crippen LogP contribution in [0.1, 0.15) is 23.3 Å². The van der Waals surface area contributed by atoms with Crippen molar-refractivity contribution in [1.82, 2.24) is 9.88 Å². The zero-order chi connectivity index (χ0) is 10.8. The van der Waals surface area contributed by atoms with Gasteiger partial charge in [0.05, 0.1) is 0 Å². The zero-order valence-corrected chi connectivity index (χ0v) is 8.94. The van der Waals surface area contributed by atoms with Gasteiger partial charge >= 0.3 is 0 Å². The third-order valence-corrected chi connectivity index (χ3v) is 2.94. The second-order valence-electron chi connectivity index (χ2n) is 4.16. The minimum absolute atomic E-state index is 0.0233. The number of carbonyl (C=O) groups is 1. The fourth-order valence-corrected chi connectivity index (χ4v) is 1.81. The van der Waals surface area contributed by atoms with Crippen molar-refractivity contribution in [3.05, 3.63) is 24.0 Å². The van der Waals surface area contributed by atoms with Gasteiger partial charge in [-0.05, 0) is 30.9 Å². The molecule has 0 spiro atoms. The molecular weight excluding hydrogens is 190 g/mol. The van der Waals surface area contributed by atoms with E-state index in [4.69, 9.17) is 5.73 Å². The van der Waals surface area contributed by atoms with Gasteiger partial charge in [-0.15, -0.1) is 0 Å². The highest BCUT2D eigenvalue weighted by Gasteiger charge is 2.31. The Kier molecular flexibility index (Phi) is 2.77. The van der Waals surface area contributed by atoms with Gasteiger partial charge in [-0.25, -0.2) is 0 Å². The van der Waals surface area contributed by atoms with E-state index >= 15 is 0 Å². The normalized spacial score (nSPS) is 17.5. The topological polar surface area (TPSA) is 60.0 Å². The maximum absolute atomic E-state index is 11.8. The van der Waals surface area contributed by atoms with E-state index in [1.807, 2.05) is 29.9 Å². The van der Waals surface area contributed by atoms with E-state index in [0.29, 0.717) is 18.2 Å². The van der Waals surface area contributed by atoms with Crippen molar-refractivity contribution < 1.29 is 4.79 Å². The Morgan fingerprint density at radius 2 is 2.47 bits per heavy atom. The Morgan fingerprint density at radius 3 is 2.93 bits per heavy atom. The molecule has 1 aromatic rings. The lowest BCUT2D eigenvalue weighted by molar-refractivity contribution is 0.0925. The van der Waals surface area contributed by atoms with Gasteiger partial charge in [0.25, 0.3) is 5.91 Å². The van der Waals surface area contributed by atoms with Crippen molar-refractivity contribution in [1.29, 1.82) is 0 Å². The fourth-order valence-electron chi connectivity index (χ4n) is 1.81. The number of carbonyl (C=O) groups excluding carboxylic acids is 1. The lowest BCUT2D eigenvalue weighted by Crippen LogP contribution is -2.42. The van der Waals surface area contributed by atoms with Crippen LogP contribution in [0, 0.1) is 5.92 Å². The molecule has 3 N–H and O–H groups in total. The summed E-state index contributed by atoms with van der Waals surface area (Å²) in [5.41, 5.74) is 6.32. The summed E-state index contributed by atoms with van der Waals surface area (Å²) in [6, 6.07) is 3.83. The molecule has 4 heteroatoms. The first-order chi connectivity index (χ1) is 7.22. The Balaban J connectivity index is 1.99. The molecule has 1 atom stereocenters. The number of aromatic nitrogens is 1.